The highest BCUT2D eigenvalue weighted by atomic mass is 79.9. The first-order valence-corrected chi connectivity index (χ1v) is 14.2. The summed E-state index contributed by atoms with van der Waals surface area (Å²) in [5, 5.41) is 19.1. The van der Waals surface area contributed by atoms with E-state index in [4.69, 9.17) is 10.00 Å². The van der Waals surface area contributed by atoms with Crippen LogP contribution in [0.15, 0.2) is 67.1 Å². The monoisotopic (exact) mass is 614 g/mol. The summed E-state index contributed by atoms with van der Waals surface area (Å²) in [7, 11) is 0. The number of hydrogen-bond donors (Lipinski definition) is 1. The van der Waals surface area contributed by atoms with Crippen LogP contribution in [0.5, 0.6) is 0 Å². The summed E-state index contributed by atoms with van der Waals surface area (Å²) >= 11 is 3.30. The van der Waals surface area contributed by atoms with Crippen molar-refractivity contribution in [2.45, 2.75) is 32.2 Å². The van der Waals surface area contributed by atoms with Crippen LogP contribution in [-0.4, -0.2) is 66.4 Å². The first-order valence-electron chi connectivity index (χ1n) is 13.1. The highest BCUT2D eigenvalue weighted by Crippen LogP contribution is 2.36. The standard InChI is InChI=1S/C30H27BrN6O4/c1-30(2)37(29(39)40)24(18-41-30)17-36(27(38)13-31)23-7-8-25-22(11-23)16-34-15-21(20-5-3-19(14-32)4-6-20)12-26(34)28-33-9-10-35(25)28/h3-12,15,24H,13,16-18H2,1-2H3,(H,39,40)/t24-/m1/s1. The van der Waals surface area contributed by atoms with Crippen LogP contribution in [0.3, 0.4) is 0 Å². The Morgan fingerprint density at radius 1 is 1.20 bits per heavy atom. The number of carboxylic acid groups (broad SMARTS) is 1. The van der Waals surface area contributed by atoms with Gasteiger partial charge in [-0.15, -0.1) is 0 Å². The molecule has 2 aliphatic heterocycles. The highest BCUT2D eigenvalue weighted by Gasteiger charge is 2.45. The fraction of sp³-hybridized carbons (Fsp3) is 0.267. The molecule has 2 amide bonds. The third kappa shape index (κ3) is 4.69. The quantitative estimate of drug-likeness (QED) is 0.276. The second kappa shape index (κ2) is 10.2. The van der Waals surface area contributed by atoms with Crippen molar-refractivity contribution >= 4 is 33.6 Å². The number of benzene rings is 2. The van der Waals surface area contributed by atoms with Crippen molar-refractivity contribution in [1.82, 2.24) is 19.0 Å². The molecule has 1 atom stereocenters. The van der Waals surface area contributed by atoms with E-state index in [0.717, 1.165) is 33.9 Å². The molecule has 0 bridgehead atoms. The zero-order valence-electron chi connectivity index (χ0n) is 22.5. The lowest BCUT2D eigenvalue weighted by atomic mass is 10.1. The molecule has 6 rings (SSSR count). The Bertz CT molecular complexity index is 1700. The summed E-state index contributed by atoms with van der Waals surface area (Å²) in [6.07, 6.45) is 4.67. The van der Waals surface area contributed by atoms with Crippen LogP contribution >= 0.6 is 15.9 Å². The smallest absolute Gasteiger partial charge is 0.409 e. The van der Waals surface area contributed by atoms with Crippen LogP contribution in [0.25, 0.3) is 28.3 Å². The summed E-state index contributed by atoms with van der Waals surface area (Å²) in [6, 6.07) is 17.1. The molecule has 208 valence electrons. The first-order chi connectivity index (χ1) is 19.7. The van der Waals surface area contributed by atoms with E-state index in [9.17, 15) is 14.7 Å². The minimum atomic E-state index is -1.09. The van der Waals surface area contributed by atoms with E-state index in [1.54, 1.807) is 37.1 Å². The first kappa shape index (κ1) is 26.8. The van der Waals surface area contributed by atoms with E-state index in [2.05, 4.69) is 43.8 Å². The van der Waals surface area contributed by atoms with E-state index in [0.29, 0.717) is 17.8 Å². The van der Waals surface area contributed by atoms with E-state index in [-0.39, 0.29) is 24.4 Å². The number of hydrogen-bond acceptors (Lipinski definition) is 5. The molecule has 2 aromatic heterocycles. The van der Waals surface area contributed by atoms with Gasteiger partial charge in [-0.25, -0.2) is 9.78 Å². The predicted octanol–water partition coefficient (Wildman–Crippen LogP) is 5.08. The van der Waals surface area contributed by atoms with E-state index in [1.165, 1.54) is 4.90 Å². The number of amides is 2. The maximum absolute atomic E-state index is 13.2. The molecule has 0 spiro atoms. The molecule has 2 aromatic carbocycles. The van der Waals surface area contributed by atoms with Crippen molar-refractivity contribution in [2.24, 2.45) is 0 Å². The highest BCUT2D eigenvalue weighted by molar-refractivity contribution is 9.09. The zero-order valence-corrected chi connectivity index (χ0v) is 24.1. The normalized spacial score (nSPS) is 16.7. The number of nitrogens with zero attached hydrogens (tertiary/aromatic N) is 6. The molecule has 11 heteroatoms. The summed E-state index contributed by atoms with van der Waals surface area (Å²) in [5.74, 6) is 0.619. The average molecular weight is 615 g/mol. The number of halogens is 1. The van der Waals surface area contributed by atoms with Gasteiger partial charge < -0.3 is 19.3 Å². The van der Waals surface area contributed by atoms with Gasteiger partial charge in [0.15, 0.2) is 5.82 Å². The molecule has 1 fully saturated rings. The minimum Gasteiger partial charge on any atom is -0.465 e. The van der Waals surface area contributed by atoms with Crippen molar-refractivity contribution < 1.29 is 19.4 Å². The molecule has 1 N–H and O–H groups in total. The number of fused-ring (bicyclic) bond motifs is 5. The Kier molecular flexibility index (Phi) is 6.68. The third-order valence-electron chi connectivity index (χ3n) is 7.68. The summed E-state index contributed by atoms with van der Waals surface area (Å²) < 4.78 is 9.95. The van der Waals surface area contributed by atoms with Crippen LogP contribution in [0, 0.1) is 11.3 Å². The minimum absolute atomic E-state index is 0.0928. The molecule has 41 heavy (non-hydrogen) atoms. The Hall–Kier alpha value is -4.40. The van der Waals surface area contributed by atoms with Crippen molar-refractivity contribution in [3.05, 3.63) is 78.2 Å². The van der Waals surface area contributed by atoms with Crippen LogP contribution in [0.1, 0.15) is 25.0 Å². The van der Waals surface area contributed by atoms with Crippen LogP contribution < -0.4 is 4.90 Å². The number of nitriles is 1. The number of carbonyl (C=O) groups is 2. The van der Waals surface area contributed by atoms with Gasteiger partial charge in [-0.05, 0) is 61.4 Å². The molecule has 0 unspecified atom stereocenters. The molecule has 4 heterocycles. The molecular weight excluding hydrogens is 588 g/mol. The molecule has 0 aliphatic carbocycles. The number of rotatable bonds is 5. The van der Waals surface area contributed by atoms with Gasteiger partial charge in [-0.3, -0.25) is 14.3 Å². The van der Waals surface area contributed by atoms with Crippen LogP contribution in [-0.2, 0) is 16.1 Å². The molecule has 1 saturated heterocycles. The SMILES string of the molecule is CC1(C)OC[C@@H](CN(C(=O)CBr)c2ccc3c(c2)Cn2cc(-c4ccc(C#N)cc4)cc2-c2nccn2-3)N1C(=O)O. The van der Waals surface area contributed by atoms with E-state index < -0.39 is 17.9 Å². The topological polar surface area (TPSA) is 117 Å². The Morgan fingerprint density at radius 3 is 2.68 bits per heavy atom. The number of ether oxygens (including phenoxy) is 1. The van der Waals surface area contributed by atoms with Gasteiger partial charge in [0, 0.05) is 42.9 Å². The van der Waals surface area contributed by atoms with Crippen LogP contribution in [0.4, 0.5) is 10.5 Å². The van der Waals surface area contributed by atoms with Gasteiger partial charge in [0.2, 0.25) is 5.91 Å². The fourth-order valence-electron chi connectivity index (χ4n) is 5.73. The Balaban J connectivity index is 1.38. The molecule has 4 aromatic rings. The zero-order chi connectivity index (χ0) is 28.9. The number of aromatic nitrogens is 3. The Labute approximate surface area is 245 Å². The predicted molar refractivity (Wildman–Crippen MR) is 156 cm³/mol. The third-order valence-corrected chi connectivity index (χ3v) is 8.16. The average Bonchev–Trinajstić information content (AvgIpc) is 3.66. The summed E-state index contributed by atoms with van der Waals surface area (Å²) in [6.45, 7) is 4.31. The maximum Gasteiger partial charge on any atom is 0.409 e. The van der Waals surface area contributed by atoms with Gasteiger partial charge >= 0.3 is 6.09 Å². The van der Waals surface area contributed by atoms with Gasteiger partial charge in [0.1, 0.15) is 5.72 Å². The van der Waals surface area contributed by atoms with E-state index >= 15 is 0 Å². The summed E-state index contributed by atoms with van der Waals surface area (Å²) in [5.41, 5.74) is 5.18. The lowest BCUT2D eigenvalue weighted by Crippen LogP contribution is -2.52. The molecule has 10 nitrogen and oxygen atoms in total. The van der Waals surface area contributed by atoms with Gasteiger partial charge in [0.25, 0.3) is 0 Å². The van der Waals surface area contributed by atoms with Crippen LogP contribution in [0.2, 0.25) is 0 Å². The van der Waals surface area contributed by atoms with Crippen molar-refractivity contribution in [3.63, 3.8) is 0 Å². The van der Waals surface area contributed by atoms with Gasteiger partial charge in [-0.1, -0.05) is 28.1 Å². The van der Waals surface area contributed by atoms with E-state index in [1.807, 2.05) is 41.1 Å². The molecule has 0 radical (unpaired) electrons. The molecule has 2 aliphatic rings. The second-order valence-electron chi connectivity index (χ2n) is 10.6. The number of imidazole rings is 1. The lowest BCUT2D eigenvalue weighted by molar-refractivity contribution is -0.116. The Morgan fingerprint density at radius 2 is 1.98 bits per heavy atom. The van der Waals surface area contributed by atoms with Crippen molar-refractivity contribution in [3.8, 4) is 34.4 Å². The number of anilines is 1. The molecular formula is C30H27BrN6O4. The fourth-order valence-corrected chi connectivity index (χ4v) is 6.04. The van der Waals surface area contributed by atoms with Gasteiger partial charge in [-0.2, -0.15) is 5.26 Å². The van der Waals surface area contributed by atoms with Gasteiger partial charge in [0.05, 0.1) is 41.0 Å². The second-order valence-corrected chi connectivity index (χ2v) is 11.1. The van der Waals surface area contributed by atoms with Crippen molar-refractivity contribution in [2.75, 3.05) is 23.4 Å². The largest absolute Gasteiger partial charge is 0.465 e. The lowest BCUT2D eigenvalue weighted by Gasteiger charge is -2.33. The maximum atomic E-state index is 13.2. The number of carbonyl (C=O) groups excluding carboxylic acids is 1. The van der Waals surface area contributed by atoms with Crippen molar-refractivity contribution in [1.29, 1.82) is 5.26 Å². The number of alkyl halides is 1. The summed E-state index contributed by atoms with van der Waals surface area (Å²) in [4.78, 5) is 32.8. The molecule has 0 saturated carbocycles.